The van der Waals surface area contributed by atoms with Crippen molar-refractivity contribution in [3.8, 4) is 5.75 Å². The summed E-state index contributed by atoms with van der Waals surface area (Å²) in [7, 11) is 0. The molecule has 3 nitrogen and oxygen atoms in total. The van der Waals surface area contributed by atoms with E-state index in [1.165, 1.54) is 63.5 Å². The third-order valence-electron chi connectivity index (χ3n) is 4.49. The molecule has 0 aromatic heterocycles. The Labute approximate surface area is 159 Å². The van der Waals surface area contributed by atoms with E-state index < -0.39 is 0 Å². The number of unbranched alkanes of at least 4 members (excludes halogenated alkanes) is 10. The number of hydrogen-bond acceptors (Lipinski definition) is 3. The molecule has 1 rings (SSSR count). The van der Waals surface area contributed by atoms with E-state index in [4.69, 9.17) is 4.74 Å². The second-order valence-corrected chi connectivity index (χ2v) is 6.91. The largest absolute Gasteiger partial charge is 0.508 e. The van der Waals surface area contributed by atoms with Crippen molar-refractivity contribution in [2.24, 2.45) is 0 Å². The summed E-state index contributed by atoms with van der Waals surface area (Å²) in [6.45, 7) is 2.72. The lowest BCUT2D eigenvalue weighted by Crippen LogP contribution is -2.06. The van der Waals surface area contributed by atoms with Gasteiger partial charge in [0.05, 0.1) is 12.2 Å². The summed E-state index contributed by atoms with van der Waals surface area (Å²) in [4.78, 5) is 11.8. The van der Waals surface area contributed by atoms with Crippen LogP contribution in [-0.2, 0) is 4.74 Å². The Bertz CT molecular complexity index is 491. The summed E-state index contributed by atoms with van der Waals surface area (Å²) < 4.78 is 5.24. The molecular formula is C23H36O3. The number of ether oxygens (including phenoxy) is 1. The van der Waals surface area contributed by atoms with Crippen LogP contribution < -0.4 is 0 Å². The number of carbonyl (C=O) groups is 1. The second kappa shape index (κ2) is 15.5. The number of rotatable bonds is 15. The predicted molar refractivity (Wildman–Crippen MR) is 109 cm³/mol. The van der Waals surface area contributed by atoms with Gasteiger partial charge in [-0.15, -0.1) is 0 Å². The maximum atomic E-state index is 11.8. The van der Waals surface area contributed by atoms with Crippen LogP contribution in [0.3, 0.4) is 0 Å². The fourth-order valence-corrected chi connectivity index (χ4v) is 2.84. The van der Waals surface area contributed by atoms with Gasteiger partial charge < -0.3 is 9.84 Å². The van der Waals surface area contributed by atoms with E-state index in [1.807, 2.05) is 0 Å². The molecule has 0 aliphatic heterocycles. The molecule has 0 radical (unpaired) electrons. The monoisotopic (exact) mass is 360 g/mol. The van der Waals surface area contributed by atoms with Gasteiger partial charge in [-0.1, -0.05) is 57.6 Å². The van der Waals surface area contributed by atoms with E-state index in [1.54, 1.807) is 12.1 Å². The maximum absolute atomic E-state index is 11.8. The molecule has 0 atom stereocenters. The zero-order valence-electron chi connectivity index (χ0n) is 16.4. The zero-order chi connectivity index (χ0) is 18.9. The molecular weight excluding hydrogens is 324 g/mol. The van der Waals surface area contributed by atoms with E-state index in [0.29, 0.717) is 12.2 Å². The van der Waals surface area contributed by atoms with E-state index in [0.717, 1.165) is 25.7 Å². The third kappa shape index (κ3) is 11.7. The molecule has 26 heavy (non-hydrogen) atoms. The summed E-state index contributed by atoms with van der Waals surface area (Å²) in [6, 6.07) is 6.14. The van der Waals surface area contributed by atoms with Crippen LogP contribution in [0.15, 0.2) is 36.4 Å². The number of phenolic OH excluding ortho intramolecular Hbond substituents is 1. The molecule has 3 heteroatoms. The molecule has 1 aromatic carbocycles. The van der Waals surface area contributed by atoms with Crippen LogP contribution in [0.2, 0.25) is 0 Å². The number of benzene rings is 1. The molecule has 0 saturated carbocycles. The normalized spacial score (nSPS) is 11.1. The van der Waals surface area contributed by atoms with Gasteiger partial charge in [-0.25, -0.2) is 4.79 Å². The Morgan fingerprint density at radius 3 is 2.00 bits per heavy atom. The first kappa shape index (κ1) is 22.3. The molecule has 1 aromatic rings. The molecule has 0 heterocycles. The predicted octanol–water partition coefficient (Wildman–Crippen LogP) is 6.81. The molecule has 0 saturated heterocycles. The number of hydrogen-bond donors (Lipinski definition) is 1. The van der Waals surface area contributed by atoms with Crippen LogP contribution in [0.4, 0.5) is 0 Å². The first-order chi connectivity index (χ1) is 12.7. The van der Waals surface area contributed by atoms with E-state index in [-0.39, 0.29) is 11.7 Å². The van der Waals surface area contributed by atoms with Crippen LogP contribution in [0, 0.1) is 0 Å². The smallest absolute Gasteiger partial charge is 0.338 e. The summed E-state index contributed by atoms with van der Waals surface area (Å²) in [5.41, 5.74) is 0.482. The first-order valence-electron chi connectivity index (χ1n) is 10.3. The van der Waals surface area contributed by atoms with Crippen molar-refractivity contribution < 1.29 is 14.6 Å². The number of phenols is 1. The van der Waals surface area contributed by atoms with Crippen molar-refractivity contribution in [3.63, 3.8) is 0 Å². The van der Waals surface area contributed by atoms with E-state index in [2.05, 4.69) is 19.1 Å². The maximum Gasteiger partial charge on any atom is 0.338 e. The van der Waals surface area contributed by atoms with Gasteiger partial charge in [-0.2, -0.15) is 0 Å². The van der Waals surface area contributed by atoms with Crippen molar-refractivity contribution in [1.29, 1.82) is 0 Å². The lowest BCUT2D eigenvalue weighted by atomic mass is 10.1. The molecule has 146 valence electrons. The molecule has 0 bridgehead atoms. The lowest BCUT2D eigenvalue weighted by molar-refractivity contribution is 0.0498. The Kier molecular flexibility index (Phi) is 13.3. The van der Waals surface area contributed by atoms with Gasteiger partial charge in [0.25, 0.3) is 0 Å². The van der Waals surface area contributed by atoms with Crippen molar-refractivity contribution in [2.45, 2.75) is 84.0 Å². The summed E-state index contributed by atoms with van der Waals surface area (Å²) in [6.07, 6.45) is 19.6. The van der Waals surface area contributed by atoms with Gasteiger partial charge in [-0.3, -0.25) is 0 Å². The Morgan fingerprint density at radius 1 is 0.846 bits per heavy atom. The van der Waals surface area contributed by atoms with E-state index in [9.17, 15) is 9.90 Å². The molecule has 0 spiro atoms. The number of aromatic hydroxyl groups is 1. The minimum absolute atomic E-state index is 0.154. The fraction of sp³-hybridized carbons (Fsp3) is 0.609. The Balaban J connectivity index is 1.88. The highest BCUT2D eigenvalue weighted by atomic mass is 16.5. The number of carbonyl (C=O) groups excluding carboxylic acids is 1. The lowest BCUT2D eigenvalue weighted by Gasteiger charge is -2.04. The van der Waals surface area contributed by atoms with Crippen molar-refractivity contribution in [1.82, 2.24) is 0 Å². The zero-order valence-corrected chi connectivity index (χ0v) is 16.4. The Morgan fingerprint density at radius 2 is 1.38 bits per heavy atom. The van der Waals surface area contributed by atoms with Crippen LogP contribution >= 0.6 is 0 Å². The SMILES string of the molecule is CCCCCCCCC/C=C/CCCCCOC(=O)c1ccc(O)cc1. The molecule has 0 unspecified atom stereocenters. The molecule has 0 aliphatic carbocycles. The number of esters is 1. The topological polar surface area (TPSA) is 46.5 Å². The van der Waals surface area contributed by atoms with Gasteiger partial charge in [0.2, 0.25) is 0 Å². The third-order valence-corrected chi connectivity index (χ3v) is 4.49. The van der Waals surface area contributed by atoms with Crippen LogP contribution in [0.5, 0.6) is 5.75 Å². The van der Waals surface area contributed by atoms with Crippen molar-refractivity contribution >= 4 is 5.97 Å². The summed E-state index contributed by atoms with van der Waals surface area (Å²) in [5, 5.41) is 9.20. The van der Waals surface area contributed by atoms with Gasteiger partial charge >= 0.3 is 5.97 Å². The van der Waals surface area contributed by atoms with Gasteiger partial charge in [0.15, 0.2) is 0 Å². The minimum Gasteiger partial charge on any atom is -0.508 e. The second-order valence-electron chi connectivity index (χ2n) is 6.91. The fourth-order valence-electron chi connectivity index (χ4n) is 2.84. The highest BCUT2D eigenvalue weighted by Gasteiger charge is 2.06. The van der Waals surface area contributed by atoms with Crippen LogP contribution in [-0.4, -0.2) is 17.7 Å². The average molecular weight is 361 g/mol. The van der Waals surface area contributed by atoms with Crippen LogP contribution in [0.1, 0.15) is 94.3 Å². The number of allylic oxidation sites excluding steroid dienone is 2. The summed E-state index contributed by atoms with van der Waals surface area (Å²) in [5.74, 6) is -0.166. The molecule has 0 fully saturated rings. The molecule has 0 amide bonds. The van der Waals surface area contributed by atoms with Crippen LogP contribution in [0.25, 0.3) is 0 Å². The van der Waals surface area contributed by atoms with Crippen molar-refractivity contribution in [3.05, 3.63) is 42.0 Å². The summed E-state index contributed by atoms with van der Waals surface area (Å²) >= 11 is 0. The standard InChI is InChI=1S/C23H36O3/c1-2-3-4-5-6-7-8-9-10-11-12-13-14-15-20-26-23(25)21-16-18-22(24)19-17-21/h10-11,16-19,24H,2-9,12-15,20H2,1H3/b11-10+. The highest BCUT2D eigenvalue weighted by molar-refractivity contribution is 5.89. The minimum atomic E-state index is -0.320. The Hall–Kier alpha value is -1.77. The van der Waals surface area contributed by atoms with Crippen molar-refractivity contribution in [2.75, 3.05) is 6.61 Å². The average Bonchev–Trinajstić information content (AvgIpc) is 2.65. The molecule has 1 N–H and O–H groups in total. The van der Waals surface area contributed by atoms with Gasteiger partial charge in [0.1, 0.15) is 5.75 Å². The first-order valence-corrected chi connectivity index (χ1v) is 10.3. The highest BCUT2D eigenvalue weighted by Crippen LogP contribution is 2.11. The van der Waals surface area contributed by atoms with Gasteiger partial charge in [-0.05, 0) is 62.8 Å². The van der Waals surface area contributed by atoms with Gasteiger partial charge in [0, 0.05) is 0 Å². The quantitative estimate of drug-likeness (QED) is 0.212. The molecule has 0 aliphatic rings. The van der Waals surface area contributed by atoms with E-state index >= 15 is 0 Å².